The predicted octanol–water partition coefficient (Wildman–Crippen LogP) is 7.20. The Hall–Kier alpha value is -3.57. The molecule has 0 unspecified atom stereocenters. The second kappa shape index (κ2) is 15.6. The van der Waals surface area contributed by atoms with Crippen molar-refractivity contribution in [3.8, 4) is 0 Å². The SMILES string of the molecule is Cc1cc(C[C@H]2CN(C(=O)OC(C)(C)C)C[C@H]2NCCN(Cc2cccc(Cl)c2)C(=O)OC(C)(C)C)nc(NC(=O)OC(C)(C)C)c1. The van der Waals surface area contributed by atoms with E-state index in [9.17, 15) is 14.4 Å². The molecule has 12 heteroatoms. The monoisotopic (exact) mass is 673 g/mol. The molecule has 2 aromatic rings. The minimum Gasteiger partial charge on any atom is -0.444 e. The Morgan fingerprint density at radius 2 is 1.60 bits per heavy atom. The molecule has 1 aliphatic rings. The molecule has 3 amide bonds. The van der Waals surface area contributed by atoms with Crippen LogP contribution in [0, 0.1) is 12.8 Å². The molecule has 0 bridgehead atoms. The van der Waals surface area contributed by atoms with Gasteiger partial charge in [-0.2, -0.15) is 0 Å². The van der Waals surface area contributed by atoms with E-state index in [0.717, 1.165) is 16.8 Å². The van der Waals surface area contributed by atoms with Crippen LogP contribution in [0.1, 0.15) is 79.1 Å². The van der Waals surface area contributed by atoms with Crippen molar-refractivity contribution in [2.75, 3.05) is 31.5 Å². The lowest BCUT2D eigenvalue weighted by Crippen LogP contribution is -2.44. The number of amides is 3. The number of carbonyl (C=O) groups excluding carboxylic acids is 3. The summed E-state index contributed by atoms with van der Waals surface area (Å²) < 4.78 is 16.8. The van der Waals surface area contributed by atoms with Gasteiger partial charge in [0.25, 0.3) is 0 Å². The molecule has 47 heavy (non-hydrogen) atoms. The van der Waals surface area contributed by atoms with Gasteiger partial charge in [-0.05, 0) is 117 Å². The zero-order valence-electron chi connectivity index (χ0n) is 29.5. The molecule has 0 radical (unpaired) electrons. The summed E-state index contributed by atoms with van der Waals surface area (Å²) in [5.74, 6) is 0.379. The van der Waals surface area contributed by atoms with Crippen molar-refractivity contribution in [1.29, 1.82) is 0 Å². The third-order valence-electron chi connectivity index (χ3n) is 6.92. The van der Waals surface area contributed by atoms with Crippen LogP contribution in [0.25, 0.3) is 0 Å². The van der Waals surface area contributed by atoms with Crippen molar-refractivity contribution in [3.05, 3.63) is 58.2 Å². The lowest BCUT2D eigenvalue weighted by atomic mass is 9.97. The number of hydrogen-bond donors (Lipinski definition) is 2. The third kappa shape index (κ3) is 13.6. The van der Waals surface area contributed by atoms with Crippen LogP contribution in [0.5, 0.6) is 0 Å². The van der Waals surface area contributed by atoms with E-state index in [1.165, 1.54) is 0 Å². The Kier molecular flexibility index (Phi) is 12.5. The first-order valence-electron chi connectivity index (χ1n) is 16.1. The molecule has 2 atom stereocenters. The number of ether oxygens (including phenoxy) is 3. The summed E-state index contributed by atoms with van der Waals surface area (Å²) in [5.41, 5.74) is 0.667. The fourth-order valence-corrected chi connectivity index (χ4v) is 5.38. The van der Waals surface area contributed by atoms with Crippen LogP contribution in [-0.4, -0.2) is 82.1 Å². The first-order valence-corrected chi connectivity index (χ1v) is 16.4. The maximum absolute atomic E-state index is 13.2. The van der Waals surface area contributed by atoms with Crippen LogP contribution in [-0.2, 0) is 27.2 Å². The quantitative estimate of drug-likeness (QED) is 0.268. The fraction of sp³-hybridized carbons (Fsp3) is 0.600. The van der Waals surface area contributed by atoms with Gasteiger partial charge in [0.05, 0.1) is 0 Å². The number of halogens is 1. The smallest absolute Gasteiger partial charge is 0.413 e. The summed E-state index contributed by atoms with van der Waals surface area (Å²) in [5, 5.41) is 6.92. The molecule has 3 rings (SSSR count). The van der Waals surface area contributed by atoms with Crippen LogP contribution in [0.4, 0.5) is 20.2 Å². The highest BCUT2D eigenvalue weighted by Crippen LogP contribution is 2.25. The average Bonchev–Trinajstić information content (AvgIpc) is 3.27. The molecule has 0 aliphatic carbocycles. The maximum Gasteiger partial charge on any atom is 0.413 e. The lowest BCUT2D eigenvalue weighted by molar-refractivity contribution is 0.0233. The van der Waals surface area contributed by atoms with Gasteiger partial charge >= 0.3 is 18.3 Å². The van der Waals surface area contributed by atoms with Gasteiger partial charge < -0.3 is 29.3 Å². The van der Waals surface area contributed by atoms with Crippen molar-refractivity contribution < 1.29 is 28.6 Å². The molecule has 1 fully saturated rings. The number of nitrogens with zero attached hydrogens (tertiary/aromatic N) is 3. The summed E-state index contributed by atoms with van der Waals surface area (Å²) in [6, 6.07) is 11.0. The molecule has 2 N–H and O–H groups in total. The normalized spacial score (nSPS) is 16.9. The number of nitrogens with one attached hydrogen (secondary N) is 2. The van der Waals surface area contributed by atoms with Crippen molar-refractivity contribution in [2.24, 2.45) is 5.92 Å². The Balaban J connectivity index is 1.77. The lowest BCUT2D eigenvalue weighted by Gasteiger charge is -2.28. The Morgan fingerprint density at radius 3 is 2.21 bits per heavy atom. The molecule has 0 saturated carbocycles. The number of benzene rings is 1. The van der Waals surface area contributed by atoms with E-state index in [1.807, 2.05) is 72.7 Å². The van der Waals surface area contributed by atoms with Gasteiger partial charge in [0.1, 0.15) is 22.6 Å². The summed E-state index contributed by atoms with van der Waals surface area (Å²) in [4.78, 5) is 46.8. The van der Waals surface area contributed by atoms with Gasteiger partial charge in [-0.3, -0.25) is 5.32 Å². The fourth-order valence-electron chi connectivity index (χ4n) is 5.17. The summed E-state index contributed by atoms with van der Waals surface area (Å²) in [7, 11) is 0. The van der Waals surface area contributed by atoms with E-state index in [0.29, 0.717) is 50.0 Å². The van der Waals surface area contributed by atoms with Gasteiger partial charge in [-0.15, -0.1) is 0 Å². The molecule has 1 aromatic carbocycles. The van der Waals surface area contributed by atoms with Crippen molar-refractivity contribution in [2.45, 2.75) is 105 Å². The van der Waals surface area contributed by atoms with E-state index >= 15 is 0 Å². The highest BCUT2D eigenvalue weighted by molar-refractivity contribution is 6.30. The van der Waals surface area contributed by atoms with Gasteiger partial charge in [0.15, 0.2) is 0 Å². The molecule has 2 heterocycles. The summed E-state index contributed by atoms with van der Waals surface area (Å²) in [6.07, 6.45) is -0.843. The Bertz CT molecular complexity index is 1400. The van der Waals surface area contributed by atoms with Crippen molar-refractivity contribution in [1.82, 2.24) is 20.1 Å². The Morgan fingerprint density at radius 1 is 0.936 bits per heavy atom. The molecule has 1 saturated heterocycles. The number of anilines is 1. The standard InChI is InChI=1S/C35H52ClN5O6/c1-23-16-27(38-29(17-23)39-30(42)45-33(2,3)4)19-25-21-41(32(44)47-35(8,9)10)22-28(25)37-14-15-40(31(43)46-34(5,6)7)20-24-12-11-13-26(36)18-24/h11-13,16-18,25,28,37H,14-15,19-22H2,1-10H3,(H,38,39,42)/t25-,28+/m0/s1. The van der Waals surface area contributed by atoms with Crippen LogP contribution in [0.3, 0.4) is 0 Å². The zero-order valence-corrected chi connectivity index (χ0v) is 30.3. The van der Waals surface area contributed by atoms with Gasteiger partial charge in [-0.1, -0.05) is 23.7 Å². The number of pyridine rings is 1. The topological polar surface area (TPSA) is 122 Å². The third-order valence-corrected chi connectivity index (χ3v) is 7.15. The van der Waals surface area contributed by atoms with Crippen LogP contribution in [0.15, 0.2) is 36.4 Å². The van der Waals surface area contributed by atoms with Crippen LogP contribution in [0.2, 0.25) is 5.02 Å². The molecule has 1 aromatic heterocycles. The van der Waals surface area contributed by atoms with E-state index in [-0.39, 0.29) is 18.1 Å². The first kappa shape index (κ1) is 37.9. The number of carbonyl (C=O) groups is 3. The molecular formula is C35H52ClN5O6. The number of likely N-dealkylation sites (tertiary alicyclic amines) is 1. The second-order valence-corrected chi connectivity index (χ2v) is 15.5. The number of aryl methyl sites for hydroxylation is 1. The van der Waals surface area contributed by atoms with Crippen LogP contribution >= 0.6 is 11.6 Å². The first-order chi connectivity index (χ1) is 21.7. The molecule has 1 aliphatic heterocycles. The number of aromatic nitrogens is 1. The van der Waals surface area contributed by atoms with Crippen molar-refractivity contribution in [3.63, 3.8) is 0 Å². The molecular weight excluding hydrogens is 622 g/mol. The summed E-state index contributed by atoms with van der Waals surface area (Å²) >= 11 is 6.21. The molecule has 260 valence electrons. The minimum absolute atomic E-state index is 0.0194. The molecule has 11 nitrogen and oxygen atoms in total. The highest BCUT2D eigenvalue weighted by Gasteiger charge is 2.37. The molecule has 0 spiro atoms. The minimum atomic E-state index is -0.653. The van der Waals surface area contributed by atoms with Gasteiger partial charge in [0, 0.05) is 49.5 Å². The second-order valence-electron chi connectivity index (χ2n) is 15.1. The van der Waals surface area contributed by atoms with E-state index in [2.05, 4.69) is 10.6 Å². The van der Waals surface area contributed by atoms with Gasteiger partial charge in [0.2, 0.25) is 0 Å². The number of hydrogen-bond acceptors (Lipinski definition) is 8. The van der Waals surface area contributed by atoms with E-state index < -0.39 is 29.0 Å². The summed E-state index contributed by atoms with van der Waals surface area (Å²) in [6.45, 7) is 20.4. The van der Waals surface area contributed by atoms with E-state index in [1.54, 1.807) is 42.7 Å². The Labute approximate surface area is 284 Å². The number of rotatable bonds is 9. The maximum atomic E-state index is 13.2. The van der Waals surface area contributed by atoms with Crippen molar-refractivity contribution >= 4 is 35.7 Å². The average molecular weight is 674 g/mol. The van der Waals surface area contributed by atoms with Gasteiger partial charge in [-0.25, -0.2) is 19.4 Å². The highest BCUT2D eigenvalue weighted by atomic mass is 35.5. The predicted molar refractivity (Wildman–Crippen MR) is 184 cm³/mol. The largest absolute Gasteiger partial charge is 0.444 e. The zero-order chi connectivity index (χ0) is 35.2. The van der Waals surface area contributed by atoms with Crippen LogP contribution < -0.4 is 10.6 Å². The van der Waals surface area contributed by atoms with E-state index in [4.69, 9.17) is 30.8 Å².